The van der Waals surface area contributed by atoms with Crippen LogP contribution in [0.4, 0.5) is 0 Å². The Kier molecular flexibility index (Phi) is 2.24. The maximum absolute atomic E-state index is 9.51. The molecule has 4 heteroatoms. The zero-order valence-electron chi connectivity index (χ0n) is 6.80. The molecule has 0 radical (unpaired) electrons. The predicted molar refractivity (Wildman–Crippen MR) is 53.1 cm³/mol. The van der Waals surface area contributed by atoms with Crippen LogP contribution in [0.1, 0.15) is 17.2 Å². The van der Waals surface area contributed by atoms with Gasteiger partial charge in [0.2, 0.25) is 0 Å². The average Bonchev–Trinajstić information content (AvgIpc) is 2.27. The Morgan fingerprint density at radius 3 is 2.77 bits per heavy atom. The molecule has 2 nitrogen and oxygen atoms in total. The minimum Gasteiger partial charge on any atom is -0.391 e. The normalized spacial score (nSPS) is 26.2. The van der Waals surface area contributed by atoms with E-state index in [9.17, 15) is 5.11 Å². The lowest BCUT2D eigenvalue weighted by molar-refractivity contribution is 0.158. The van der Waals surface area contributed by atoms with Crippen LogP contribution in [0.2, 0.25) is 10.0 Å². The molecule has 0 amide bonds. The van der Waals surface area contributed by atoms with Crippen LogP contribution in [-0.4, -0.2) is 11.2 Å². The molecular weight excluding hydrogens is 209 g/mol. The first kappa shape index (κ1) is 9.28. The lowest BCUT2D eigenvalue weighted by Crippen LogP contribution is -2.21. The van der Waals surface area contributed by atoms with E-state index in [1.54, 1.807) is 12.1 Å². The van der Waals surface area contributed by atoms with Gasteiger partial charge in [0.1, 0.15) is 0 Å². The van der Waals surface area contributed by atoms with Crippen molar-refractivity contribution < 1.29 is 5.11 Å². The predicted octanol–water partition coefficient (Wildman–Crippen LogP) is 1.91. The third kappa shape index (κ3) is 1.44. The molecule has 0 spiro atoms. The van der Waals surface area contributed by atoms with E-state index in [2.05, 4.69) is 0 Å². The second-order valence-corrected chi connectivity index (χ2v) is 4.10. The molecule has 2 unspecified atom stereocenters. The summed E-state index contributed by atoms with van der Waals surface area (Å²) in [5.74, 6) is 0. The van der Waals surface area contributed by atoms with Crippen LogP contribution < -0.4 is 5.73 Å². The maximum atomic E-state index is 9.51. The smallest absolute Gasteiger partial charge is 0.0773 e. The van der Waals surface area contributed by atoms with Crippen LogP contribution in [-0.2, 0) is 6.42 Å². The van der Waals surface area contributed by atoms with Crippen molar-refractivity contribution in [3.63, 3.8) is 0 Å². The number of hydrogen-bond acceptors (Lipinski definition) is 2. The van der Waals surface area contributed by atoms with Gasteiger partial charge >= 0.3 is 0 Å². The van der Waals surface area contributed by atoms with Crippen LogP contribution in [0.25, 0.3) is 0 Å². The zero-order chi connectivity index (χ0) is 9.59. The van der Waals surface area contributed by atoms with E-state index in [0.29, 0.717) is 16.5 Å². The highest BCUT2D eigenvalue weighted by atomic mass is 35.5. The highest BCUT2D eigenvalue weighted by Gasteiger charge is 2.30. The first-order valence-electron chi connectivity index (χ1n) is 4.01. The summed E-state index contributed by atoms with van der Waals surface area (Å²) in [6.45, 7) is 0. The van der Waals surface area contributed by atoms with Crippen LogP contribution in [0.5, 0.6) is 0 Å². The SMILES string of the molecule is NC1c2c(Cl)cc(Cl)cc2CC1O. The summed E-state index contributed by atoms with van der Waals surface area (Å²) < 4.78 is 0. The summed E-state index contributed by atoms with van der Waals surface area (Å²) in [5, 5.41) is 10.6. The summed E-state index contributed by atoms with van der Waals surface area (Å²) in [7, 11) is 0. The van der Waals surface area contributed by atoms with Gasteiger partial charge in [0, 0.05) is 16.5 Å². The van der Waals surface area contributed by atoms with Crippen LogP contribution in [0, 0.1) is 0 Å². The largest absolute Gasteiger partial charge is 0.391 e. The number of rotatable bonds is 0. The van der Waals surface area contributed by atoms with E-state index >= 15 is 0 Å². The average molecular weight is 218 g/mol. The monoisotopic (exact) mass is 217 g/mol. The highest BCUT2D eigenvalue weighted by molar-refractivity contribution is 6.35. The molecule has 1 aromatic rings. The number of halogens is 2. The second-order valence-electron chi connectivity index (χ2n) is 3.26. The van der Waals surface area contributed by atoms with Crippen molar-refractivity contribution in [2.24, 2.45) is 5.73 Å². The van der Waals surface area contributed by atoms with Crippen LogP contribution in [0.15, 0.2) is 12.1 Å². The summed E-state index contributed by atoms with van der Waals surface area (Å²) in [4.78, 5) is 0. The fraction of sp³-hybridized carbons (Fsp3) is 0.333. The molecule has 0 aliphatic heterocycles. The Morgan fingerprint density at radius 2 is 2.08 bits per heavy atom. The third-order valence-electron chi connectivity index (χ3n) is 2.36. The van der Waals surface area contributed by atoms with Crippen molar-refractivity contribution in [1.82, 2.24) is 0 Å². The quantitative estimate of drug-likeness (QED) is 0.698. The lowest BCUT2D eigenvalue weighted by atomic mass is 10.1. The Bertz CT molecular complexity index is 354. The van der Waals surface area contributed by atoms with Crippen molar-refractivity contribution in [1.29, 1.82) is 0 Å². The minimum absolute atomic E-state index is 0.375. The maximum Gasteiger partial charge on any atom is 0.0773 e. The van der Waals surface area contributed by atoms with E-state index < -0.39 is 6.10 Å². The van der Waals surface area contributed by atoms with Gasteiger partial charge in [0.05, 0.1) is 12.1 Å². The summed E-state index contributed by atoms with van der Waals surface area (Å²) in [6.07, 6.45) is 0.00233. The van der Waals surface area contributed by atoms with Gasteiger partial charge in [-0.1, -0.05) is 23.2 Å². The molecule has 2 rings (SSSR count). The number of aliphatic hydroxyl groups excluding tert-OH is 1. The number of hydrogen-bond donors (Lipinski definition) is 2. The van der Waals surface area contributed by atoms with Gasteiger partial charge in [0.15, 0.2) is 0 Å². The van der Waals surface area contributed by atoms with E-state index in [1.165, 1.54) is 0 Å². The summed E-state index contributed by atoms with van der Waals surface area (Å²) in [5.41, 5.74) is 7.55. The highest BCUT2D eigenvalue weighted by Crippen LogP contribution is 2.37. The fourth-order valence-electron chi connectivity index (χ4n) is 1.72. The molecule has 70 valence electrons. The molecule has 0 saturated carbocycles. The van der Waals surface area contributed by atoms with Gasteiger partial charge in [-0.3, -0.25) is 0 Å². The van der Waals surface area contributed by atoms with Crippen LogP contribution >= 0.6 is 23.2 Å². The van der Waals surface area contributed by atoms with Gasteiger partial charge in [-0.15, -0.1) is 0 Å². The van der Waals surface area contributed by atoms with Crippen molar-refractivity contribution >= 4 is 23.2 Å². The topological polar surface area (TPSA) is 46.2 Å². The van der Waals surface area contributed by atoms with Gasteiger partial charge < -0.3 is 10.8 Å². The number of fused-ring (bicyclic) bond motifs is 1. The molecule has 0 saturated heterocycles. The number of aliphatic hydroxyl groups is 1. The van der Waals surface area contributed by atoms with Crippen molar-refractivity contribution in [3.8, 4) is 0 Å². The van der Waals surface area contributed by atoms with Crippen LogP contribution in [0.3, 0.4) is 0 Å². The van der Waals surface area contributed by atoms with Gasteiger partial charge in [0.25, 0.3) is 0 Å². The molecule has 1 aliphatic rings. The number of benzene rings is 1. The molecule has 2 atom stereocenters. The lowest BCUT2D eigenvalue weighted by Gasteiger charge is -2.10. The molecule has 3 N–H and O–H groups in total. The summed E-state index contributed by atoms with van der Waals surface area (Å²) in [6, 6.07) is 3.08. The first-order chi connectivity index (χ1) is 6.09. The molecule has 1 aromatic carbocycles. The third-order valence-corrected chi connectivity index (χ3v) is 2.89. The molecule has 1 aliphatic carbocycles. The molecular formula is C9H9Cl2NO. The van der Waals surface area contributed by atoms with Gasteiger partial charge in [-0.05, 0) is 23.3 Å². The van der Waals surface area contributed by atoms with E-state index in [4.69, 9.17) is 28.9 Å². The Balaban J connectivity index is 2.57. The minimum atomic E-state index is -0.536. The van der Waals surface area contributed by atoms with Crippen molar-refractivity contribution in [2.75, 3.05) is 0 Å². The number of nitrogens with two attached hydrogens (primary N) is 1. The molecule has 13 heavy (non-hydrogen) atoms. The first-order valence-corrected chi connectivity index (χ1v) is 4.76. The molecule has 0 bridgehead atoms. The molecule has 0 heterocycles. The van der Waals surface area contributed by atoms with Crippen molar-refractivity contribution in [2.45, 2.75) is 18.6 Å². The van der Waals surface area contributed by atoms with E-state index in [-0.39, 0.29) is 6.04 Å². The fourth-order valence-corrected chi connectivity index (χ4v) is 2.39. The van der Waals surface area contributed by atoms with E-state index in [0.717, 1.165) is 11.1 Å². The second kappa shape index (κ2) is 3.14. The Labute approximate surface area is 86.3 Å². The Morgan fingerprint density at radius 1 is 1.38 bits per heavy atom. The summed E-state index contributed by atoms with van der Waals surface area (Å²) >= 11 is 11.8. The zero-order valence-corrected chi connectivity index (χ0v) is 8.31. The van der Waals surface area contributed by atoms with E-state index in [1.807, 2.05) is 0 Å². The van der Waals surface area contributed by atoms with Gasteiger partial charge in [-0.2, -0.15) is 0 Å². The Hall–Kier alpha value is -0.280. The van der Waals surface area contributed by atoms with Crippen molar-refractivity contribution in [3.05, 3.63) is 33.3 Å². The molecule has 0 aromatic heterocycles. The van der Waals surface area contributed by atoms with Gasteiger partial charge in [-0.25, -0.2) is 0 Å². The molecule has 0 fully saturated rings. The standard InChI is InChI=1S/C9H9Cl2NO/c10-5-1-4-2-7(13)9(12)8(4)6(11)3-5/h1,3,7,9,13H,2,12H2.